The summed E-state index contributed by atoms with van der Waals surface area (Å²) in [7, 11) is 3.98. The number of hydrogen-bond donors (Lipinski definition) is 2. The van der Waals surface area contributed by atoms with Crippen LogP contribution in [-0.4, -0.2) is 138 Å². The first-order valence-corrected chi connectivity index (χ1v) is 20.5. The number of esters is 1. The van der Waals surface area contributed by atoms with E-state index < -0.39 is 94.7 Å². The highest BCUT2D eigenvalue weighted by Gasteiger charge is 2.52. The second-order valence-electron chi connectivity index (χ2n) is 19.1. The van der Waals surface area contributed by atoms with Crippen molar-refractivity contribution >= 4 is 30.2 Å². The third-order valence-corrected chi connectivity index (χ3v) is 11.1. The Balaban J connectivity index is 2.90. The van der Waals surface area contributed by atoms with Crippen molar-refractivity contribution in [1.82, 2.24) is 15.1 Å². The van der Waals surface area contributed by atoms with Gasteiger partial charge in [-0.05, 0) is 115 Å². The Kier molecular flexibility index (Phi) is 17.6. The van der Waals surface area contributed by atoms with Gasteiger partial charge in [0.1, 0.15) is 41.7 Å². The quantitative estimate of drug-likeness (QED) is 0.136. The fraction of sp³-hybridized carbons (Fsp3) is 0.881. The largest absolute Gasteiger partial charge is 0.459 e. The van der Waals surface area contributed by atoms with Crippen molar-refractivity contribution in [2.24, 2.45) is 23.7 Å². The van der Waals surface area contributed by atoms with Gasteiger partial charge in [-0.25, -0.2) is 9.59 Å². The molecule has 57 heavy (non-hydrogen) atoms. The third kappa shape index (κ3) is 13.6. The minimum absolute atomic E-state index is 0.0107. The van der Waals surface area contributed by atoms with Gasteiger partial charge in [0.05, 0.1) is 29.9 Å². The fourth-order valence-corrected chi connectivity index (χ4v) is 8.31. The number of amides is 2. The van der Waals surface area contributed by atoms with Crippen LogP contribution >= 0.6 is 0 Å². The number of nitrogens with zero attached hydrogens (tertiary/aromatic N) is 2. The molecule has 15 nitrogen and oxygen atoms in total. The Bertz CT molecular complexity index is 1380. The number of ketones is 1. The number of ether oxygens (including phenoxy) is 6. The molecule has 2 aliphatic heterocycles. The Labute approximate surface area is 341 Å². The van der Waals surface area contributed by atoms with Crippen LogP contribution in [0.1, 0.15) is 123 Å². The smallest absolute Gasteiger partial charge is 0.410 e. The average Bonchev–Trinajstić information content (AvgIpc) is 3.07. The summed E-state index contributed by atoms with van der Waals surface area (Å²) in [6.07, 6.45) is -3.23. The van der Waals surface area contributed by atoms with Crippen LogP contribution in [0, 0.1) is 23.7 Å². The number of Topliss-reactive ketones (excluding diaryl/α,β-unsaturated/α-hetero) is 1. The maximum Gasteiger partial charge on any atom is 0.410 e. The van der Waals surface area contributed by atoms with Crippen LogP contribution < -0.4 is 5.32 Å². The summed E-state index contributed by atoms with van der Waals surface area (Å²) in [5.74, 6) is -4.28. The standard InChI is InChI=1S/C42H75N3O12/c1-18-31-42(15,51)33(43-37(49)56-39(8,9)10)29(7)45(38(50)57-40(11,12)13)23-24(2)22-41(14,52-20-19-46)34(27(5)32(47)28(6)35(48)54-31)55-36-26(4)30(44(16)17)21-25(3)53-36/h19,24-31,33-34,36,51H,18,20-23H2,1-17H3,(H,43,49)/t24-,25?,26?,27+,28-,29-,30?,31-,33-,34-,36?,41-,42-/m1/s1. The van der Waals surface area contributed by atoms with Crippen LogP contribution in [0.2, 0.25) is 0 Å². The Morgan fingerprint density at radius 3 is 2.09 bits per heavy atom. The first-order chi connectivity index (χ1) is 26.0. The minimum atomic E-state index is -2.01. The molecular formula is C42H75N3O12. The molecule has 0 spiro atoms. The second kappa shape index (κ2) is 19.9. The van der Waals surface area contributed by atoms with Crippen molar-refractivity contribution in [2.75, 3.05) is 27.2 Å². The molecular weight excluding hydrogens is 738 g/mol. The van der Waals surface area contributed by atoms with Gasteiger partial charge in [0.15, 0.2) is 12.1 Å². The number of rotatable bonds is 8. The first-order valence-electron chi connectivity index (χ1n) is 20.5. The van der Waals surface area contributed by atoms with E-state index in [4.69, 9.17) is 28.4 Å². The fourth-order valence-electron chi connectivity index (χ4n) is 8.31. The van der Waals surface area contributed by atoms with Crippen molar-refractivity contribution in [3.05, 3.63) is 0 Å². The molecule has 15 heteroatoms. The summed E-state index contributed by atoms with van der Waals surface area (Å²) in [6.45, 7) is 25.5. The maximum atomic E-state index is 14.5. The molecule has 0 radical (unpaired) electrons. The van der Waals surface area contributed by atoms with Crippen molar-refractivity contribution in [1.29, 1.82) is 0 Å². The van der Waals surface area contributed by atoms with Crippen LogP contribution in [0.4, 0.5) is 9.59 Å². The van der Waals surface area contributed by atoms with Crippen LogP contribution in [0.25, 0.3) is 0 Å². The lowest BCUT2D eigenvalue weighted by atomic mass is 9.78. The van der Waals surface area contributed by atoms with Crippen molar-refractivity contribution in [2.45, 2.75) is 188 Å². The number of alkyl carbamates (subject to hydrolysis) is 1. The van der Waals surface area contributed by atoms with E-state index in [-0.39, 0.29) is 44.1 Å². The van der Waals surface area contributed by atoms with E-state index in [2.05, 4.69) is 10.2 Å². The van der Waals surface area contributed by atoms with Crippen molar-refractivity contribution in [3.8, 4) is 0 Å². The molecule has 2 saturated heterocycles. The molecule has 2 N–H and O–H groups in total. The molecule has 0 aromatic heterocycles. The first kappa shape index (κ1) is 50.3. The van der Waals surface area contributed by atoms with Gasteiger partial charge in [-0.3, -0.25) is 9.59 Å². The summed E-state index contributed by atoms with van der Waals surface area (Å²) >= 11 is 0. The van der Waals surface area contributed by atoms with E-state index in [1.54, 1.807) is 69.2 Å². The summed E-state index contributed by atoms with van der Waals surface area (Å²) in [5.41, 5.74) is -5.19. The predicted molar refractivity (Wildman–Crippen MR) is 214 cm³/mol. The maximum absolute atomic E-state index is 14.5. The van der Waals surface area contributed by atoms with Crippen LogP contribution in [0.3, 0.4) is 0 Å². The average molecular weight is 814 g/mol. The highest BCUT2D eigenvalue weighted by Crippen LogP contribution is 2.39. The van der Waals surface area contributed by atoms with Crippen molar-refractivity contribution < 1.29 is 57.5 Å². The molecule has 2 rings (SSSR count). The van der Waals surface area contributed by atoms with Crippen molar-refractivity contribution in [3.63, 3.8) is 0 Å². The monoisotopic (exact) mass is 814 g/mol. The number of carbonyl (C=O) groups excluding carboxylic acids is 5. The summed E-state index contributed by atoms with van der Waals surface area (Å²) in [6, 6.07) is -2.19. The molecule has 0 aromatic carbocycles. The van der Waals surface area contributed by atoms with Gasteiger partial charge in [0.2, 0.25) is 0 Å². The molecule has 2 heterocycles. The zero-order chi connectivity index (χ0) is 44.0. The minimum Gasteiger partial charge on any atom is -0.459 e. The number of aliphatic hydroxyl groups is 1. The van der Waals surface area contributed by atoms with Gasteiger partial charge in [0.25, 0.3) is 0 Å². The van der Waals surface area contributed by atoms with E-state index in [0.29, 0.717) is 6.29 Å². The molecule has 2 fully saturated rings. The number of hydrogen-bond acceptors (Lipinski definition) is 13. The van der Waals surface area contributed by atoms with Gasteiger partial charge in [0, 0.05) is 24.4 Å². The SMILES string of the molecule is CC[C@H]1OC(=O)[C@H](C)C(=O)[C@H](C)[C@@H](OC2OC(C)CC(N(C)C)C2C)[C@](C)(OCC=O)C[C@@H](C)CN(C(=O)OC(C)(C)C)[C@H](C)[C@@H](NC(=O)OC(C)(C)C)[C@]1(C)O. The Hall–Kier alpha value is -2.85. The van der Waals surface area contributed by atoms with Gasteiger partial charge >= 0.3 is 18.2 Å². The molecule has 4 unspecified atom stereocenters. The summed E-state index contributed by atoms with van der Waals surface area (Å²) in [5, 5.41) is 15.2. The lowest BCUT2D eigenvalue weighted by Gasteiger charge is -2.48. The molecule has 0 aliphatic carbocycles. The zero-order valence-electron chi connectivity index (χ0n) is 37.8. The Morgan fingerprint density at radius 1 is 1.00 bits per heavy atom. The molecule has 0 saturated carbocycles. The lowest BCUT2D eigenvalue weighted by Crippen LogP contribution is -2.67. The number of aldehydes is 1. The van der Waals surface area contributed by atoms with Crippen LogP contribution in [0.15, 0.2) is 0 Å². The number of carbonyl (C=O) groups is 5. The van der Waals surface area contributed by atoms with E-state index in [0.717, 1.165) is 6.42 Å². The van der Waals surface area contributed by atoms with Gasteiger partial charge < -0.3 is 53.4 Å². The van der Waals surface area contributed by atoms with E-state index >= 15 is 0 Å². The number of nitrogens with one attached hydrogen (secondary N) is 1. The highest BCUT2D eigenvalue weighted by molar-refractivity contribution is 6.00. The highest BCUT2D eigenvalue weighted by atomic mass is 16.7. The number of cyclic esters (lactones) is 1. The van der Waals surface area contributed by atoms with Gasteiger partial charge in [-0.2, -0.15) is 0 Å². The molecule has 2 amide bonds. The third-order valence-electron chi connectivity index (χ3n) is 11.1. The lowest BCUT2D eigenvalue weighted by molar-refractivity contribution is -0.282. The topological polar surface area (TPSA) is 179 Å². The molecule has 13 atom stereocenters. The summed E-state index contributed by atoms with van der Waals surface area (Å²) in [4.78, 5) is 71.5. The van der Waals surface area contributed by atoms with Gasteiger partial charge in [-0.1, -0.05) is 27.7 Å². The van der Waals surface area contributed by atoms with Gasteiger partial charge in [-0.15, -0.1) is 0 Å². The molecule has 2 aliphatic rings. The molecule has 0 aromatic rings. The van der Waals surface area contributed by atoms with E-state index in [1.807, 2.05) is 34.9 Å². The summed E-state index contributed by atoms with van der Waals surface area (Å²) < 4.78 is 37.1. The van der Waals surface area contributed by atoms with E-state index in [9.17, 15) is 29.1 Å². The zero-order valence-corrected chi connectivity index (χ0v) is 37.8. The molecule has 330 valence electrons. The predicted octanol–water partition coefficient (Wildman–Crippen LogP) is 5.52. The molecule has 0 bridgehead atoms. The van der Waals surface area contributed by atoms with Crippen LogP contribution in [-0.2, 0) is 42.8 Å². The Morgan fingerprint density at radius 2 is 1.58 bits per heavy atom. The van der Waals surface area contributed by atoms with E-state index in [1.165, 1.54) is 18.7 Å². The van der Waals surface area contributed by atoms with Crippen LogP contribution in [0.5, 0.6) is 0 Å². The second-order valence-corrected chi connectivity index (χ2v) is 19.1. The normalized spacial score (nSPS) is 36.8.